The van der Waals surface area contributed by atoms with Gasteiger partial charge in [-0.15, -0.1) is 0 Å². The van der Waals surface area contributed by atoms with Gasteiger partial charge in [-0.05, 0) is 42.1 Å². The smallest absolute Gasteiger partial charge is 0.309 e. The maximum atomic E-state index is 12.9. The lowest BCUT2D eigenvalue weighted by Crippen LogP contribution is -2.44. The molecule has 4 rings (SSSR count). The highest BCUT2D eigenvalue weighted by atomic mass is 28.3. The molecule has 5 nitrogen and oxygen atoms in total. The van der Waals surface area contributed by atoms with E-state index in [1.54, 1.807) is 12.1 Å². The third-order valence-corrected chi connectivity index (χ3v) is 8.77. The van der Waals surface area contributed by atoms with E-state index in [1.165, 1.54) is 0 Å². The third-order valence-electron chi connectivity index (χ3n) is 7.06. The third kappa shape index (κ3) is 4.49. The molecule has 0 radical (unpaired) electrons. The van der Waals surface area contributed by atoms with Gasteiger partial charge in [-0.2, -0.15) is 0 Å². The lowest BCUT2D eigenvalue weighted by Gasteiger charge is -2.37. The summed E-state index contributed by atoms with van der Waals surface area (Å²) in [5.41, 5.74) is 0.266. The summed E-state index contributed by atoms with van der Waals surface area (Å²) in [6.45, 7) is 7.62. The summed E-state index contributed by atoms with van der Waals surface area (Å²) in [5, 5.41) is 22.6. The van der Waals surface area contributed by atoms with Crippen LogP contribution in [0.3, 0.4) is 0 Å². The fourth-order valence-electron chi connectivity index (χ4n) is 5.26. The molecule has 5 atom stereocenters. The van der Waals surface area contributed by atoms with Crippen LogP contribution in [0.5, 0.6) is 5.75 Å². The number of benzene rings is 2. The van der Waals surface area contributed by atoms with E-state index < -0.39 is 25.7 Å². The van der Waals surface area contributed by atoms with Gasteiger partial charge in [-0.3, -0.25) is 4.79 Å². The molecule has 0 spiro atoms. The van der Waals surface area contributed by atoms with Crippen molar-refractivity contribution in [3.05, 3.63) is 65.7 Å². The largest absolute Gasteiger partial charge is 0.489 e. The van der Waals surface area contributed by atoms with E-state index in [0.717, 1.165) is 18.0 Å². The van der Waals surface area contributed by atoms with Crippen LogP contribution in [0, 0.1) is 17.8 Å². The number of fused-ring (bicyclic) bond motifs is 2. The Kier molecular flexibility index (Phi) is 6.48. The molecule has 0 saturated heterocycles. The predicted octanol–water partition coefficient (Wildman–Crippen LogP) is 4.35. The molecule has 0 heterocycles. The van der Waals surface area contributed by atoms with Crippen molar-refractivity contribution in [3.63, 3.8) is 0 Å². The number of carbonyl (C=O) groups excluding carboxylic acids is 1. The van der Waals surface area contributed by atoms with Crippen LogP contribution in [0.2, 0.25) is 25.7 Å². The second kappa shape index (κ2) is 9.00. The number of aliphatic hydroxyl groups excluding tert-OH is 1. The Morgan fingerprint density at radius 1 is 1.06 bits per heavy atom. The summed E-state index contributed by atoms with van der Waals surface area (Å²) in [7, 11) is -1.30. The number of esters is 1. The van der Waals surface area contributed by atoms with Crippen LogP contribution >= 0.6 is 0 Å². The van der Waals surface area contributed by atoms with E-state index >= 15 is 0 Å². The molecule has 0 aromatic heterocycles. The number of aliphatic hydroxyl groups is 2. The van der Waals surface area contributed by atoms with E-state index in [1.807, 2.05) is 42.5 Å². The molecule has 32 heavy (non-hydrogen) atoms. The minimum Gasteiger partial charge on any atom is -0.489 e. The first kappa shape index (κ1) is 23.0. The molecule has 2 aliphatic rings. The Labute approximate surface area is 191 Å². The molecule has 0 aliphatic heterocycles. The van der Waals surface area contributed by atoms with Gasteiger partial charge in [0.25, 0.3) is 0 Å². The zero-order chi connectivity index (χ0) is 22.9. The van der Waals surface area contributed by atoms with Crippen molar-refractivity contribution in [2.75, 3.05) is 6.61 Å². The van der Waals surface area contributed by atoms with Gasteiger partial charge in [-0.1, -0.05) is 62.1 Å². The standard InChI is InChI=1S/C26H34O5Si/c1-32(2,3)16-15-30-25(28)23-21-13-14-22(23)26(29,24(21)27)19-9-11-20(12-10-19)31-17-18-7-5-4-6-8-18/h4-12,21-24,27,29H,13-17H2,1-3H3. The highest BCUT2D eigenvalue weighted by Gasteiger charge is 2.65. The molecule has 0 amide bonds. The van der Waals surface area contributed by atoms with Crippen LogP contribution in [0.15, 0.2) is 54.6 Å². The summed E-state index contributed by atoms with van der Waals surface area (Å²) >= 11 is 0. The summed E-state index contributed by atoms with van der Waals surface area (Å²) in [6.07, 6.45) is 0.463. The summed E-state index contributed by atoms with van der Waals surface area (Å²) < 4.78 is 11.5. The molecule has 172 valence electrons. The Bertz CT molecular complexity index is 923. The second-order valence-corrected chi connectivity index (χ2v) is 16.0. The first-order valence-electron chi connectivity index (χ1n) is 11.5. The summed E-state index contributed by atoms with van der Waals surface area (Å²) in [6, 6.07) is 18.1. The van der Waals surface area contributed by atoms with Gasteiger partial charge in [0.05, 0.1) is 18.6 Å². The number of carbonyl (C=O) groups is 1. The van der Waals surface area contributed by atoms with Crippen molar-refractivity contribution in [1.29, 1.82) is 0 Å². The highest BCUT2D eigenvalue weighted by molar-refractivity contribution is 6.76. The molecule has 5 unspecified atom stereocenters. The van der Waals surface area contributed by atoms with Crippen molar-refractivity contribution in [2.24, 2.45) is 17.8 Å². The van der Waals surface area contributed by atoms with E-state index in [4.69, 9.17) is 9.47 Å². The summed E-state index contributed by atoms with van der Waals surface area (Å²) in [5.74, 6) is -0.628. The van der Waals surface area contributed by atoms with Crippen molar-refractivity contribution in [3.8, 4) is 5.75 Å². The monoisotopic (exact) mass is 454 g/mol. The second-order valence-electron chi connectivity index (χ2n) is 10.4. The van der Waals surface area contributed by atoms with Crippen molar-refractivity contribution >= 4 is 14.0 Å². The lowest BCUT2D eigenvalue weighted by atomic mass is 9.76. The molecule has 2 N–H and O–H groups in total. The van der Waals surface area contributed by atoms with Crippen molar-refractivity contribution in [2.45, 2.75) is 56.8 Å². The Morgan fingerprint density at radius 3 is 2.41 bits per heavy atom. The van der Waals surface area contributed by atoms with Gasteiger partial charge in [0.1, 0.15) is 18.0 Å². The highest BCUT2D eigenvalue weighted by Crippen LogP contribution is 2.59. The van der Waals surface area contributed by atoms with Crippen molar-refractivity contribution in [1.82, 2.24) is 0 Å². The number of hydrogen-bond acceptors (Lipinski definition) is 5. The summed E-state index contributed by atoms with van der Waals surface area (Å²) in [4.78, 5) is 12.9. The lowest BCUT2D eigenvalue weighted by molar-refractivity contribution is -0.151. The van der Waals surface area contributed by atoms with E-state index in [-0.39, 0.29) is 17.8 Å². The molecule has 6 heteroatoms. The Hall–Kier alpha value is -2.15. The van der Waals surface area contributed by atoms with Crippen LogP contribution in [0.25, 0.3) is 0 Å². The van der Waals surface area contributed by atoms with Gasteiger partial charge in [0, 0.05) is 19.9 Å². The SMILES string of the molecule is C[Si](C)(C)CCOC(=O)C1C2CCC1C(O)(c1ccc(OCc3ccccc3)cc1)C2O. The van der Waals surface area contributed by atoms with Gasteiger partial charge >= 0.3 is 5.97 Å². The molecule has 2 aliphatic carbocycles. The average Bonchev–Trinajstić information content (AvgIpc) is 3.29. The zero-order valence-electron chi connectivity index (χ0n) is 19.2. The first-order chi connectivity index (χ1) is 15.2. The van der Waals surface area contributed by atoms with Gasteiger partial charge in [-0.25, -0.2) is 0 Å². The van der Waals surface area contributed by atoms with Crippen LogP contribution in [-0.4, -0.2) is 37.0 Å². The van der Waals surface area contributed by atoms with Crippen LogP contribution in [0.4, 0.5) is 0 Å². The molecule has 2 saturated carbocycles. The number of hydrogen-bond donors (Lipinski definition) is 2. The van der Waals surface area contributed by atoms with Crippen LogP contribution < -0.4 is 4.74 Å². The van der Waals surface area contributed by atoms with Crippen molar-refractivity contribution < 1.29 is 24.5 Å². The van der Waals surface area contributed by atoms with Crippen LogP contribution in [-0.2, 0) is 21.7 Å². The molecular formula is C26H34O5Si. The number of rotatable bonds is 8. The van der Waals surface area contributed by atoms with E-state index in [2.05, 4.69) is 19.6 Å². The Balaban J connectivity index is 1.44. The van der Waals surface area contributed by atoms with Gasteiger partial charge < -0.3 is 19.7 Å². The maximum Gasteiger partial charge on any atom is 0.309 e. The molecule has 2 bridgehead atoms. The molecule has 2 aromatic carbocycles. The number of ether oxygens (including phenoxy) is 2. The fourth-order valence-corrected chi connectivity index (χ4v) is 5.97. The molecular weight excluding hydrogens is 420 g/mol. The first-order valence-corrected chi connectivity index (χ1v) is 15.3. The molecule has 2 fully saturated rings. The van der Waals surface area contributed by atoms with Gasteiger partial charge in [0.15, 0.2) is 0 Å². The van der Waals surface area contributed by atoms with E-state index in [0.29, 0.717) is 30.9 Å². The van der Waals surface area contributed by atoms with E-state index in [9.17, 15) is 15.0 Å². The average molecular weight is 455 g/mol. The molecule has 2 aromatic rings. The fraction of sp³-hybridized carbons (Fsp3) is 0.500. The van der Waals surface area contributed by atoms with Crippen LogP contribution in [0.1, 0.15) is 24.0 Å². The van der Waals surface area contributed by atoms with Gasteiger partial charge in [0.2, 0.25) is 0 Å². The quantitative estimate of drug-likeness (QED) is 0.458. The Morgan fingerprint density at radius 2 is 1.75 bits per heavy atom. The minimum absolute atomic E-state index is 0.265. The normalized spacial score (nSPS) is 29.2. The zero-order valence-corrected chi connectivity index (χ0v) is 20.2. The predicted molar refractivity (Wildman–Crippen MR) is 126 cm³/mol. The topological polar surface area (TPSA) is 76.0 Å². The maximum absolute atomic E-state index is 12.9. The minimum atomic E-state index is -1.44.